The molecule has 0 aliphatic heterocycles. The van der Waals surface area contributed by atoms with Crippen molar-refractivity contribution in [2.24, 2.45) is 0 Å². The van der Waals surface area contributed by atoms with E-state index in [0.717, 1.165) is 32.1 Å². The van der Waals surface area contributed by atoms with Crippen molar-refractivity contribution in [3.05, 3.63) is 92.9 Å². The van der Waals surface area contributed by atoms with E-state index >= 15 is 0 Å². The van der Waals surface area contributed by atoms with E-state index in [1.807, 2.05) is 48.5 Å². The highest BCUT2D eigenvalue weighted by molar-refractivity contribution is 9.10. The van der Waals surface area contributed by atoms with Gasteiger partial charge < -0.3 is 10.1 Å². The second-order valence-electron chi connectivity index (χ2n) is 5.84. The van der Waals surface area contributed by atoms with Crippen LogP contribution >= 0.6 is 27.5 Å². The molecule has 0 aliphatic rings. The lowest BCUT2D eigenvalue weighted by Gasteiger charge is -2.14. The lowest BCUT2D eigenvalue weighted by Crippen LogP contribution is -2.04. The molecule has 0 fully saturated rings. The summed E-state index contributed by atoms with van der Waals surface area (Å²) >= 11 is 9.42. The second kappa shape index (κ2) is 8.41. The van der Waals surface area contributed by atoms with Crippen molar-refractivity contribution in [1.29, 1.82) is 0 Å². The fraction of sp³-hybridized carbons (Fsp3) is 0.143. The molecule has 0 spiro atoms. The zero-order valence-corrected chi connectivity index (χ0v) is 16.3. The van der Waals surface area contributed by atoms with Gasteiger partial charge in [-0.15, -0.1) is 0 Å². The first kappa shape index (κ1) is 17.8. The van der Waals surface area contributed by atoms with Gasteiger partial charge in [0.25, 0.3) is 0 Å². The largest absolute Gasteiger partial charge is 0.489 e. The highest BCUT2D eigenvalue weighted by Gasteiger charge is 2.05. The van der Waals surface area contributed by atoms with Gasteiger partial charge in [-0.3, -0.25) is 0 Å². The van der Waals surface area contributed by atoms with Crippen molar-refractivity contribution in [1.82, 2.24) is 0 Å². The Hall–Kier alpha value is -1.97. The molecule has 3 aromatic rings. The number of rotatable bonds is 6. The molecule has 3 rings (SSSR count). The van der Waals surface area contributed by atoms with Crippen LogP contribution in [0.15, 0.2) is 71.2 Å². The quantitative estimate of drug-likeness (QED) is 0.488. The average molecular weight is 417 g/mol. The first-order valence-electron chi connectivity index (χ1n) is 8.07. The van der Waals surface area contributed by atoms with Crippen LogP contribution in [-0.2, 0) is 13.2 Å². The van der Waals surface area contributed by atoms with Crippen LogP contribution in [0.25, 0.3) is 0 Å². The minimum absolute atomic E-state index is 0.519. The summed E-state index contributed by atoms with van der Waals surface area (Å²) in [6.45, 7) is 3.32. The van der Waals surface area contributed by atoms with E-state index in [-0.39, 0.29) is 0 Å². The number of anilines is 1. The summed E-state index contributed by atoms with van der Waals surface area (Å²) in [7, 11) is 0. The molecule has 0 saturated heterocycles. The summed E-state index contributed by atoms with van der Waals surface area (Å²) in [6, 6.07) is 22.0. The van der Waals surface area contributed by atoms with Crippen LogP contribution in [0.5, 0.6) is 5.75 Å². The first-order chi connectivity index (χ1) is 12.1. The maximum Gasteiger partial charge on any atom is 0.124 e. The molecule has 0 unspecified atom stereocenters. The van der Waals surface area contributed by atoms with E-state index in [1.54, 1.807) is 0 Å². The van der Waals surface area contributed by atoms with Crippen LogP contribution in [0.3, 0.4) is 0 Å². The molecular weight excluding hydrogens is 398 g/mol. The monoisotopic (exact) mass is 415 g/mol. The molecule has 2 nitrogen and oxygen atoms in total. The molecule has 0 bridgehead atoms. The Balaban J connectivity index is 1.67. The Morgan fingerprint density at radius 3 is 2.52 bits per heavy atom. The SMILES string of the molecule is Cc1cc(Br)ccc1NCc1ccccc1OCc1ccc(Cl)cc1. The minimum Gasteiger partial charge on any atom is -0.489 e. The van der Waals surface area contributed by atoms with Crippen LogP contribution in [0.1, 0.15) is 16.7 Å². The van der Waals surface area contributed by atoms with E-state index in [4.69, 9.17) is 16.3 Å². The minimum atomic E-state index is 0.519. The van der Waals surface area contributed by atoms with Gasteiger partial charge in [0, 0.05) is 27.3 Å². The molecule has 0 heterocycles. The van der Waals surface area contributed by atoms with Gasteiger partial charge in [0.1, 0.15) is 12.4 Å². The van der Waals surface area contributed by atoms with Crippen LogP contribution in [0.4, 0.5) is 5.69 Å². The van der Waals surface area contributed by atoms with Gasteiger partial charge in [-0.1, -0.05) is 57.9 Å². The predicted octanol–water partition coefficient (Wildman–Crippen LogP) is 6.60. The molecule has 4 heteroatoms. The van der Waals surface area contributed by atoms with Crippen LogP contribution in [0.2, 0.25) is 5.02 Å². The van der Waals surface area contributed by atoms with E-state index in [0.29, 0.717) is 13.2 Å². The summed E-state index contributed by atoms with van der Waals surface area (Å²) in [4.78, 5) is 0. The third kappa shape index (κ3) is 5.00. The van der Waals surface area contributed by atoms with Crippen molar-refractivity contribution < 1.29 is 4.74 Å². The number of halogens is 2. The van der Waals surface area contributed by atoms with Crippen molar-refractivity contribution in [2.45, 2.75) is 20.1 Å². The topological polar surface area (TPSA) is 21.3 Å². The lowest BCUT2D eigenvalue weighted by molar-refractivity contribution is 0.303. The van der Waals surface area contributed by atoms with Gasteiger partial charge in [0.05, 0.1) is 0 Å². The molecule has 128 valence electrons. The Kier molecular flexibility index (Phi) is 6.00. The highest BCUT2D eigenvalue weighted by atomic mass is 79.9. The number of ether oxygens (including phenoxy) is 1. The number of hydrogen-bond acceptors (Lipinski definition) is 2. The second-order valence-corrected chi connectivity index (χ2v) is 7.19. The van der Waals surface area contributed by atoms with Crippen molar-refractivity contribution in [3.8, 4) is 5.75 Å². The van der Waals surface area contributed by atoms with E-state index in [1.165, 1.54) is 5.56 Å². The Morgan fingerprint density at radius 2 is 1.76 bits per heavy atom. The zero-order valence-electron chi connectivity index (χ0n) is 13.9. The zero-order chi connectivity index (χ0) is 17.6. The number of hydrogen-bond donors (Lipinski definition) is 1. The third-order valence-corrected chi connectivity index (χ3v) is 4.68. The Morgan fingerprint density at radius 1 is 1.00 bits per heavy atom. The van der Waals surface area contributed by atoms with E-state index in [2.05, 4.69) is 46.4 Å². The standard InChI is InChI=1S/C21H19BrClNO/c1-15-12-18(22)8-11-20(15)24-13-17-4-2-3-5-21(17)25-14-16-6-9-19(23)10-7-16/h2-12,24H,13-14H2,1H3. The summed E-state index contributed by atoms with van der Waals surface area (Å²) in [5, 5.41) is 4.22. The maximum atomic E-state index is 6.01. The van der Waals surface area contributed by atoms with Gasteiger partial charge >= 0.3 is 0 Å². The number of nitrogens with one attached hydrogen (secondary N) is 1. The fourth-order valence-electron chi connectivity index (χ4n) is 2.55. The molecule has 3 aromatic carbocycles. The van der Waals surface area contributed by atoms with Gasteiger partial charge in [-0.25, -0.2) is 0 Å². The third-order valence-electron chi connectivity index (χ3n) is 3.94. The summed E-state index contributed by atoms with van der Waals surface area (Å²) < 4.78 is 7.10. The molecule has 0 aromatic heterocycles. The highest BCUT2D eigenvalue weighted by Crippen LogP contribution is 2.24. The van der Waals surface area contributed by atoms with Gasteiger partial charge in [0.2, 0.25) is 0 Å². The number of benzene rings is 3. The molecule has 0 radical (unpaired) electrons. The summed E-state index contributed by atoms with van der Waals surface area (Å²) in [5.41, 5.74) is 4.54. The Bertz CT molecular complexity index is 849. The molecule has 25 heavy (non-hydrogen) atoms. The van der Waals surface area contributed by atoms with Crippen LogP contribution in [0, 0.1) is 6.92 Å². The van der Waals surface area contributed by atoms with Gasteiger partial charge in [0.15, 0.2) is 0 Å². The number of para-hydroxylation sites is 1. The smallest absolute Gasteiger partial charge is 0.124 e. The maximum absolute atomic E-state index is 6.01. The van der Waals surface area contributed by atoms with Crippen molar-refractivity contribution >= 4 is 33.2 Å². The molecular formula is C21H19BrClNO. The molecule has 0 amide bonds. The molecule has 0 saturated carbocycles. The van der Waals surface area contributed by atoms with Crippen molar-refractivity contribution in [2.75, 3.05) is 5.32 Å². The summed E-state index contributed by atoms with van der Waals surface area (Å²) in [6.07, 6.45) is 0. The summed E-state index contributed by atoms with van der Waals surface area (Å²) in [5.74, 6) is 0.889. The van der Waals surface area contributed by atoms with E-state index in [9.17, 15) is 0 Å². The average Bonchev–Trinajstić information content (AvgIpc) is 2.61. The number of aryl methyl sites for hydroxylation is 1. The first-order valence-corrected chi connectivity index (χ1v) is 9.24. The van der Waals surface area contributed by atoms with Crippen LogP contribution < -0.4 is 10.1 Å². The Labute approximate surface area is 161 Å². The van der Waals surface area contributed by atoms with Crippen LogP contribution in [-0.4, -0.2) is 0 Å². The van der Waals surface area contributed by atoms with Crippen molar-refractivity contribution in [3.63, 3.8) is 0 Å². The van der Waals surface area contributed by atoms with E-state index < -0.39 is 0 Å². The molecule has 1 N–H and O–H groups in total. The van der Waals surface area contributed by atoms with Gasteiger partial charge in [-0.2, -0.15) is 0 Å². The van der Waals surface area contributed by atoms with Gasteiger partial charge in [-0.05, 0) is 54.4 Å². The molecule has 0 aliphatic carbocycles. The lowest BCUT2D eigenvalue weighted by atomic mass is 10.1. The fourth-order valence-corrected chi connectivity index (χ4v) is 3.15. The predicted molar refractivity (Wildman–Crippen MR) is 108 cm³/mol. The normalized spacial score (nSPS) is 10.5. The molecule has 0 atom stereocenters.